The Morgan fingerprint density at radius 3 is 2.54 bits per heavy atom. The van der Waals surface area contributed by atoms with Crippen molar-refractivity contribution in [2.45, 2.75) is 25.8 Å². The minimum absolute atomic E-state index is 0. The van der Waals surface area contributed by atoms with Crippen LogP contribution in [0.15, 0.2) is 47.5 Å². The molecule has 9 heteroatoms. The van der Waals surface area contributed by atoms with Gasteiger partial charge < -0.3 is 15.7 Å². The molecule has 0 fully saturated rings. The molecule has 0 aliphatic rings. The van der Waals surface area contributed by atoms with Gasteiger partial charge in [-0.05, 0) is 47.9 Å². The first-order valence-corrected chi connectivity index (χ1v) is 10.6. The molecule has 0 aliphatic carbocycles. The van der Waals surface area contributed by atoms with Crippen LogP contribution in [-0.4, -0.2) is 32.3 Å². The second kappa shape index (κ2) is 11.2. The molecule has 0 radical (unpaired) electrons. The fraction of sp³-hybridized carbons (Fsp3) is 0.316. The molecule has 0 saturated heterocycles. The molecule has 0 bridgehead atoms. The zero-order chi connectivity index (χ0) is 19.9. The van der Waals surface area contributed by atoms with E-state index in [1.807, 2.05) is 13.0 Å². The van der Waals surface area contributed by atoms with Crippen LogP contribution in [0.1, 0.15) is 23.6 Å². The van der Waals surface area contributed by atoms with Crippen molar-refractivity contribution >= 4 is 39.8 Å². The van der Waals surface area contributed by atoms with Crippen molar-refractivity contribution in [1.29, 1.82) is 0 Å². The summed E-state index contributed by atoms with van der Waals surface area (Å²) < 4.78 is 36.8. The molecule has 0 aliphatic heterocycles. The molecule has 2 aromatic carbocycles. The molecule has 2 rings (SSSR count). The summed E-state index contributed by atoms with van der Waals surface area (Å²) in [5.41, 5.74) is 1.95. The van der Waals surface area contributed by atoms with Gasteiger partial charge in [-0.1, -0.05) is 18.2 Å². The van der Waals surface area contributed by atoms with Crippen LogP contribution >= 0.6 is 24.0 Å². The lowest BCUT2D eigenvalue weighted by Crippen LogP contribution is -2.37. The number of hydrogen-bond acceptors (Lipinski definition) is 4. The normalized spacial score (nSPS) is 11.6. The maximum atomic E-state index is 13.6. The van der Waals surface area contributed by atoms with Crippen molar-refractivity contribution in [2.75, 3.05) is 12.8 Å². The van der Waals surface area contributed by atoms with Gasteiger partial charge in [-0.2, -0.15) is 0 Å². The summed E-state index contributed by atoms with van der Waals surface area (Å²) in [4.78, 5) is 4.44. The number of phenols is 1. The molecule has 0 unspecified atom stereocenters. The number of halogens is 2. The number of guanidine groups is 1. The van der Waals surface area contributed by atoms with Crippen LogP contribution in [0.2, 0.25) is 0 Å². The van der Waals surface area contributed by atoms with E-state index < -0.39 is 15.7 Å². The van der Waals surface area contributed by atoms with Gasteiger partial charge in [0.25, 0.3) is 0 Å². The Morgan fingerprint density at radius 1 is 1.14 bits per heavy atom. The molecule has 0 atom stereocenters. The highest BCUT2D eigenvalue weighted by atomic mass is 127. The molecule has 28 heavy (non-hydrogen) atoms. The number of phenolic OH excluding ortho intramolecular Hbond substituents is 1. The third-order valence-corrected chi connectivity index (χ3v) is 4.54. The van der Waals surface area contributed by atoms with Gasteiger partial charge in [0.15, 0.2) is 15.8 Å². The maximum absolute atomic E-state index is 13.6. The van der Waals surface area contributed by atoms with Gasteiger partial charge in [-0.3, -0.25) is 0 Å². The Bertz CT molecular complexity index is 920. The summed E-state index contributed by atoms with van der Waals surface area (Å²) in [6, 6.07) is 10.9. The van der Waals surface area contributed by atoms with Gasteiger partial charge in [-0.15, -0.1) is 24.0 Å². The lowest BCUT2D eigenvalue weighted by atomic mass is 10.1. The lowest BCUT2D eigenvalue weighted by molar-refractivity contribution is 0.474. The van der Waals surface area contributed by atoms with E-state index in [0.717, 1.165) is 11.8 Å². The first kappa shape index (κ1) is 24.2. The molecule has 2 aromatic rings. The number of hydrogen-bond donors (Lipinski definition) is 3. The monoisotopic (exact) mass is 521 g/mol. The summed E-state index contributed by atoms with van der Waals surface area (Å²) in [5, 5.41) is 15.7. The van der Waals surface area contributed by atoms with Crippen LogP contribution in [-0.2, 0) is 28.7 Å². The number of rotatable bonds is 7. The Labute approximate surface area is 182 Å². The smallest absolute Gasteiger partial charge is 0.191 e. The van der Waals surface area contributed by atoms with Crippen molar-refractivity contribution in [2.24, 2.45) is 4.99 Å². The summed E-state index contributed by atoms with van der Waals surface area (Å²) in [6.07, 6.45) is 1.15. The predicted octanol–water partition coefficient (Wildman–Crippen LogP) is 2.95. The molecule has 154 valence electrons. The summed E-state index contributed by atoms with van der Waals surface area (Å²) >= 11 is 0. The Kier molecular flexibility index (Phi) is 9.66. The topological polar surface area (TPSA) is 90.8 Å². The molecular formula is C19H25FIN3O3S. The molecule has 0 saturated carbocycles. The standard InChI is InChI=1S/C19H24FN3O3S.HI/c1-3-21-19(22-11-14-5-4-6-18(24)9-14)23-12-16-10-17(20)8-7-15(16)13-27(2,25)26;/h4-10,24H,3,11-13H2,1-2H3,(H2,21,22,23);1H. The van der Waals surface area contributed by atoms with E-state index >= 15 is 0 Å². The fourth-order valence-electron chi connectivity index (χ4n) is 2.53. The number of benzene rings is 2. The molecule has 0 aromatic heterocycles. The molecule has 0 spiro atoms. The van der Waals surface area contributed by atoms with E-state index in [0.29, 0.717) is 30.2 Å². The van der Waals surface area contributed by atoms with Crippen molar-refractivity contribution in [3.05, 3.63) is 65.0 Å². The third kappa shape index (κ3) is 8.42. The third-order valence-electron chi connectivity index (χ3n) is 3.71. The van der Waals surface area contributed by atoms with Gasteiger partial charge in [-0.25, -0.2) is 17.8 Å². The fourth-order valence-corrected chi connectivity index (χ4v) is 3.37. The molecule has 3 N–H and O–H groups in total. The van der Waals surface area contributed by atoms with E-state index in [2.05, 4.69) is 15.6 Å². The second-order valence-corrected chi connectivity index (χ2v) is 8.34. The van der Waals surface area contributed by atoms with E-state index in [4.69, 9.17) is 0 Å². The number of nitrogens with one attached hydrogen (secondary N) is 2. The first-order chi connectivity index (χ1) is 12.8. The number of sulfone groups is 1. The Hall–Kier alpha value is -1.88. The first-order valence-electron chi connectivity index (χ1n) is 8.52. The molecule has 0 heterocycles. The minimum atomic E-state index is -3.23. The van der Waals surface area contributed by atoms with Crippen molar-refractivity contribution in [3.63, 3.8) is 0 Å². The van der Waals surface area contributed by atoms with E-state index in [1.165, 1.54) is 18.2 Å². The van der Waals surface area contributed by atoms with Gasteiger partial charge in [0.2, 0.25) is 0 Å². The van der Waals surface area contributed by atoms with Gasteiger partial charge >= 0.3 is 0 Å². The van der Waals surface area contributed by atoms with Crippen LogP contribution in [0.4, 0.5) is 4.39 Å². The van der Waals surface area contributed by atoms with Gasteiger partial charge in [0.1, 0.15) is 11.6 Å². The minimum Gasteiger partial charge on any atom is -0.508 e. The highest BCUT2D eigenvalue weighted by Crippen LogP contribution is 2.15. The number of nitrogens with zero attached hydrogens (tertiary/aromatic N) is 1. The molecule has 0 amide bonds. The van der Waals surface area contributed by atoms with Crippen molar-refractivity contribution in [1.82, 2.24) is 10.6 Å². The summed E-state index contributed by atoms with van der Waals surface area (Å²) in [7, 11) is -3.23. The molecular weight excluding hydrogens is 496 g/mol. The lowest BCUT2D eigenvalue weighted by Gasteiger charge is -2.14. The van der Waals surface area contributed by atoms with Crippen LogP contribution in [0, 0.1) is 5.82 Å². The Balaban J connectivity index is 0.00000392. The van der Waals surface area contributed by atoms with Crippen LogP contribution in [0.3, 0.4) is 0 Å². The predicted molar refractivity (Wildman–Crippen MR) is 120 cm³/mol. The zero-order valence-electron chi connectivity index (χ0n) is 15.8. The number of aliphatic imine (C=N–C) groups is 1. The Morgan fingerprint density at radius 2 is 1.89 bits per heavy atom. The van der Waals surface area contributed by atoms with Gasteiger partial charge in [0.05, 0.1) is 12.3 Å². The van der Waals surface area contributed by atoms with Crippen molar-refractivity contribution < 1.29 is 17.9 Å². The van der Waals surface area contributed by atoms with E-state index in [-0.39, 0.29) is 42.0 Å². The van der Waals surface area contributed by atoms with E-state index in [1.54, 1.807) is 18.2 Å². The average Bonchev–Trinajstić information content (AvgIpc) is 2.58. The van der Waals surface area contributed by atoms with Crippen LogP contribution in [0.5, 0.6) is 5.75 Å². The second-order valence-electron chi connectivity index (χ2n) is 6.20. The SMILES string of the molecule is CCNC(=NCc1cccc(O)c1)NCc1cc(F)ccc1CS(C)(=O)=O.I. The van der Waals surface area contributed by atoms with Gasteiger partial charge in [0, 0.05) is 19.3 Å². The van der Waals surface area contributed by atoms with Crippen LogP contribution in [0.25, 0.3) is 0 Å². The maximum Gasteiger partial charge on any atom is 0.191 e. The highest BCUT2D eigenvalue weighted by Gasteiger charge is 2.11. The largest absolute Gasteiger partial charge is 0.508 e. The van der Waals surface area contributed by atoms with Crippen LogP contribution < -0.4 is 10.6 Å². The summed E-state index contributed by atoms with van der Waals surface area (Å²) in [5.74, 6) is 0.105. The molecule has 6 nitrogen and oxygen atoms in total. The van der Waals surface area contributed by atoms with Crippen molar-refractivity contribution in [3.8, 4) is 5.75 Å². The zero-order valence-corrected chi connectivity index (χ0v) is 18.9. The summed E-state index contributed by atoms with van der Waals surface area (Å²) in [6.45, 7) is 3.13. The quantitative estimate of drug-likeness (QED) is 0.296. The average molecular weight is 521 g/mol. The highest BCUT2D eigenvalue weighted by molar-refractivity contribution is 14.0. The van der Waals surface area contributed by atoms with E-state index in [9.17, 15) is 17.9 Å². The number of aromatic hydroxyl groups is 1.